The SMILES string of the molecule is Cc1cc(CNC(CO)Cc2cccs2)n[nH]1. The molecule has 2 aromatic rings. The van der Waals surface area contributed by atoms with Crippen molar-refractivity contribution in [1.29, 1.82) is 0 Å². The van der Waals surface area contributed by atoms with Crippen LogP contribution in [0.2, 0.25) is 0 Å². The zero-order valence-electron chi connectivity index (χ0n) is 9.81. The molecule has 92 valence electrons. The first-order valence-electron chi connectivity index (χ1n) is 5.65. The molecule has 0 aromatic carbocycles. The highest BCUT2D eigenvalue weighted by atomic mass is 32.1. The van der Waals surface area contributed by atoms with E-state index in [4.69, 9.17) is 0 Å². The number of nitrogens with zero attached hydrogens (tertiary/aromatic N) is 1. The predicted molar refractivity (Wildman–Crippen MR) is 69.1 cm³/mol. The molecule has 0 radical (unpaired) electrons. The van der Waals surface area contributed by atoms with Crippen LogP contribution >= 0.6 is 11.3 Å². The maximum atomic E-state index is 9.32. The third-order valence-corrected chi connectivity index (χ3v) is 3.48. The molecule has 0 aliphatic carbocycles. The van der Waals surface area contributed by atoms with Crippen molar-refractivity contribution in [1.82, 2.24) is 15.5 Å². The fourth-order valence-corrected chi connectivity index (χ4v) is 2.47. The number of hydrogen-bond donors (Lipinski definition) is 3. The Labute approximate surface area is 105 Å². The number of thiophene rings is 1. The van der Waals surface area contributed by atoms with Gasteiger partial charge in [-0.15, -0.1) is 11.3 Å². The molecule has 0 spiro atoms. The molecule has 0 amide bonds. The molecule has 2 rings (SSSR count). The van der Waals surface area contributed by atoms with Gasteiger partial charge >= 0.3 is 0 Å². The highest BCUT2D eigenvalue weighted by molar-refractivity contribution is 7.09. The largest absolute Gasteiger partial charge is 0.395 e. The van der Waals surface area contributed by atoms with Crippen molar-refractivity contribution < 1.29 is 5.11 Å². The second kappa shape index (κ2) is 5.95. The van der Waals surface area contributed by atoms with E-state index in [2.05, 4.69) is 27.0 Å². The average molecular weight is 251 g/mol. The minimum absolute atomic E-state index is 0.0886. The van der Waals surface area contributed by atoms with Crippen molar-refractivity contribution in [3.8, 4) is 0 Å². The van der Waals surface area contributed by atoms with Crippen LogP contribution in [0.5, 0.6) is 0 Å². The summed E-state index contributed by atoms with van der Waals surface area (Å²) in [4.78, 5) is 1.29. The summed E-state index contributed by atoms with van der Waals surface area (Å²) in [5, 5.41) is 21.7. The first kappa shape index (κ1) is 12.3. The summed E-state index contributed by atoms with van der Waals surface area (Å²) >= 11 is 1.72. The highest BCUT2D eigenvalue weighted by Gasteiger charge is 2.09. The standard InChI is InChI=1S/C12H17N3OS/c1-9-5-10(15-14-9)7-13-11(8-16)6-12-3-2-4-17-12/h2-5,11,13,16H,6-8H2,1H3,(H,14,15). The van der Waals surface area contributed by atoms with Crippen LogP contribution < -0.4 is 5.32 Å². The van der Waals surface area contributed by atoms with Crippen molar-refractivity contribution in [2.75, 3.05) is 6.61 Å². The number of aryl methyl sites for hydroxylation is 1. The second-order valence-corrected chi connectivity index (χ2v) is 5.12. The highest BCUT2D eigenvalue weighted by Crippen LogP contribution is 2.11. The van der Waals surface area contributed by atoms with Crippen LogP contribution in [0.25, 0.3) is 0 Å². The molecule has 2 heterocycles. The molecule has 17 heavy (non-hydrogen) atoms. The molecule has 0 aliphatic heterocycles. The molecule has 2 aromatic heterocycles. The minimum atomic E-state index is 0.0886. The quantitative estimate of drug-likeness (QED) is 0.728. The van der Waals surface area contributed by atoms with Crippen LogP contribution in [0.15, 0.2) is 23.6 Å². The molecule has 0 bridgehead atoms. The van der Waals surface area contributed by atoms with Crippen molar-refractivity contribution >= 4 is 11.3 Å². The lowest BCUT2D eigenvalue weighted by Crippen LogP contribution is -2.33. The second-order valence-electron chi connectivity index (χ2n) is 4.09. The van der Waals surface area contributed by atoms with Gasteiger partial charge in [0, 0.05) is 23.2 Å². The molecule has 3 N–H and O–H groups in total. The molecule has 0 saturated carbocycles. The molecular formula is C12H17N3OS. The fourth-order valence-electron chi connectivity index (χ4n) is 1.69. The van der Waals surface area contributed by atoms with Crippen molar-refractivity contribution in [3.63, 3.8) is 0 Å². The Bertz CT molecular complexity index is 438. The lowest BCUT2D eigenvalue weighted by Gasteiger charge is -2.14. The van der Waals surface area contributed by atoms with Gasteiger partial charge in [0.2, 0.25) is 0 Å². The van der Waals surface area contributed by atoms with E-state index in [-0.39, 0.29) is 12.6 Å². The monoisotopic (exact) mass is 251 g/mol. The van der Waals surface area contributed by atoms with E-state index in [1.165, 1.54) is 4.88 Å². The number of H-pyrrole nitrogens is 1. The van der Waals surface area contributed by atoms with Crippen LogP contribution in [0, 0.1) is 6.92 Å². The lowest BCUT2D eigenvalue weighted by molar-refractivity contribution is 0.241. The van der Waals surface area contributed by atoms with Gasteiger partial charge in [-0.2, -0.15) is 5.10 Å². The van der Waals surface area contributed by atoms with Crippen molar-refractivity contribution in [3.05, 3.63) is 39.8 Å². The van der Waals surface area contributed by atoms with Crippen LogP contribution in [-0.2, 0) is 13.0 Å². The Balaban J connectivity index is 1.83. The molecule has 4 nitrogen and oxygen atoms in total. The Kier molecular flexibility index (Phi) is 4.30. The predicted octanol–water partition coefficient (Wildman–Crippen LogP) is 1.47. The van der Waals surface area contributed by atoms with Crippen molar-refractivity contribution in [2.24, 2.45) is 0 Å². The zero-order valence-corrected chi connectivity index (χ0v) is 10.6. The van der Waals surface area contributed by atoms with Gasteiger partial charge in [0.1, 0.15) is 0 Å². The van der Waals surface area contributed by atoms with Gasteiger partial charge in [0.05, 0.1) is 12.3 Å². The van der Waals surface area contributed by atoms with E-state index < -0.39 is 0 Å². The molecule has 5 heteroatoms. The molecular weight excluding hydrogens is 234 g/mol. The van der Waals surface area contributed by atoms with Crippen LogP contribution in [0.4, 0.5) is 0 Å². The van der Waals surface area contributed by atoms with Gasteiger partial charge in [-0.3, -0.25) is 5.10 Å². The van der Waals surface area contributed by atoms with Gasteiger partial charge in [-0.1, -0.05) is 6.07 Å². The van der Waals surface area contributed by atoms with E-state index in [1.54, 1.807) is 11.3 Å². The number of aliphatic hydroxyl groups excluding tert-OH is 1. The number of aromatic amines is 1. The van der Waals surface area contributed by atoms with Gasteiger partial charge in [0.15, 0.2) is 0 Å². The van der Waals surface area contributed by atoms with E-state index >= 15 is 0 Å². The number of nitrogens with one attached hydrogen (secondary N) is 2. The average Bonchev–Trinajstić information content (AvgIpc) is 2.96. The molecule has 0 aliphatic rings. The van der Waals surface area contributed by atoms with Crippen LogP contribution in [0.1, 0.15) is 16.3 Å². The first-order chi connectivity index (χ1) is 8.28. The first-order valence-corrected chi connectivity index (χ1v) is 6.53. The van der Waals surface area contributed by atoms with Gasteiger partial charge in [0.25, 0.3) is 0 Å². The Morgan fingerprint density at radius 2 is 2.47 bits per heavy atom. The summed E-state index contributed by atoms with van der Waals surface area (Å²) in [7, 11) is 0. The maximum Gasteiger partial charge on any atom is 0.0762 e. The van der Waals surface area contributed by atoms with Gasteiger partial charge in [-0.25, -0.2) is 0 Å². The fraction of sp³-hybridized carbons (Fsp3) is 0.417. The Hall–Kier alpha value is -1.17. The topological polar surface area (TPSA) is 60.9 Å². The summed E-state index contributed by atoms with van der Waals surface area (Å²) < 4.78 is 0. The van der Waals surface area contributed by atoms with E-state index in [0.29, 0.717) is 6.54 Å². The Morgan fingerprint density at radius 3 is 3.06 bits per heavy atom. The Morgan fingerprint density at radius 1 is 1.59 bits per heavy atom. The van der Waals surface area contributed by atoms with Crippen LogP contribution in [-0.4, -0.2) is 28.0 Å². The molecule has 1 atom stereocenters. The van der Waals surface area contributed by atoms with Gasteiger partial charge < -0.3 is 10.4 Å². The van der Waals surface area contributed by atoms with E-state index in [0.717, 1.165) is 17.8 Å². The molecule has 1 unspecified atom stereocenters. The number of aliphatic hydroxyl groups is 1. The summed E-state index contributed by atoms with van der Waals surface area (Å²) in [6.45, 7) is 2.80. The third kappa shape index (κ3) is 3.66. The maximum absolute atomic E-state index is 9.32. The minimum Gasteiger partial charge on any atom is -0.395 e. The smallest absolute Gasteiger partial charge is 0.0762 e. The summed E-state index contributed by atoms with van der Waals surface area (Å²) in [5.41, 5.74) is 2.03. The van der Waals surface area contributed by atoms with E-state index in [1.807, 2.05) is 19.1 Å². The number of rotatable bonds is 6. The zero-order chi connectivity index (χ0) is 12.1. The van der Waals surface area contributed by atoms with Gasteiger partial charge in [-0.05, 0) is 30.9 Å². The van der Waals surface area contributed by atoms with Crippen molar-refractivity contribution in [2.45, 2.75) is 25.9 Å². The molecule has 0 saturated heterocycles. The van der Waals surface area contributed by atoms with E-state index in [9.17, 15) is 5.11 Å². The lowest BCUT2D eigenvalue weighted by atomic mass is 10.2. The molecule has 0 fully saturated rings. The summed E-state index contributed by atoms with van der Waals surface area (Å²) in [6.07, 6.45) is 0.859. The number of aromatic nitrogens is 2. The number of hydrogen-bond acceptors (Lipinski definition) is 4. The normalized spacial score (nSPS) is 12.8. The third-order valence-electron chi connectivity index (χ3n) is 2.58. The summed E-state index contributed by atoms with van der Waals surface area (Å²) in [5.74, 6) is 0. The summed E-state index contributed by atoms with van der Waals surface area (Å²) in [6, 6.07) is 6.22. The van der Waals surface area contributed by atoms with Crippen LogP contribution in [0.3, 0.4) is 0 Å².